The monoisotopic (exact) mass is 478 g/mol. The molecular weight excluding hydrogens is 440 g/mol. The Balaban J connectivity index is 1.51. The van der Waals surface area contributed by atoms with Crippen LogP contribution in [0.5, 0.6) is 0 Å². The average Bonchev–Trinajstić information content (AvgIpc) is 3.43. The molecule has 7 nitrogen and oxygen atoms in total. The minimum Gasteiger partial charge on any atom is -0.347 e. The van der Waals surface area contributed by atoms with E-state index in [1.165, 1.54) is 0 Å². The summed E-state index contributed by atoms with van der Waals surface area (Å²) in [5.74, 6) is 0.00948. The molecule has 1 saturated heterocycles. The summed E-state index contributed by atoms with van der Waals surface area (Å²) in [6.45, 7) is 8.35. The van der Waals surface area contributed by atoms with E-state index < -0.39 is 11.5 Å². The number of nitrogens with one attached hydrogen (secondary N) is 3. The van der Waals surface area contributed by atoms with Gasteiger partial charge < -0.3 is 20.9 Å². The highest BCUT2D eigenvalue weighted by Crippen LogP contribution is 2.39. The molecule has 2 fully saturated rings. The Morgan fingerprint density at radius 2 is 1.71 bits per heavy atom. The van der Waals surface area contributed by atoms with Gasteiger partial charge in [-0.05, 0) is 67.5 Å². The predicted octanol–water partition coefficient (Wildman–Crippen LogP) is 3.09. The van der Waals surface area contributed by atoms with Crippen molar-refractivity contribution >= 4 is 28.5 Å². The van der Waals surface area contributed by atoms with Gasteiger partial charge in [0.05, 0.1) is 12.1 Å². The van der Waals surface area contributed by atoms with E-state index in [9.17, 15) is 14.4 Å². The molecule has 1 aliphatic carbocycles. The van der Waals surface area contributed by atoms with Crippen LogP contribution >= 0.6 is 0 Å². The van der Waals surface area contributed by atoms with Crippen LogP contribution < -0.4 is 16.0 Å². The molecule has 0 bridgehead atoms. The number of carbonyl (C=O) groups excluding carboxylic acids is 3. The van der Waals surface area contributed by atoms with Crippen LogP contribution in [-0.4, -0.2) is 60.4 Å². The molecular formula is C28H38N4O3. The molecule has 3 N–H and O–H groups in total. The summed E-state index contributed by atoms with van der Waals surface area (Å²) in [5.41, 5.74) is 0.185. The lowest BCUT2D eigenvalue weighted by Crippen LogP contribution is -2.60. The number of benzene rings is 2. The van der Waals surface area contributed by atoms with E-state index in [1.807, 2.05) is 68.1 Å². The van der Waals surface area contributed by atoms with Crippen molar-refractivity contribution in [3.05, 3.63) is 48.0 Å². The molecule has 188 valence electrons. The molecule has 1 saturated carbocycles. The topological polar surface area (TPSA) is 90.5 Å². The maximum atomic E-state index is 13.8. The van der Waals surface area contributed by atoms with Crippen LogP contribution in [0.1, 0.15) is 57.3 Å². The van der Waals surface area contributed by atoms with E-state index >= 15 is 0 Å². The quantitative estimate of drug-likeness (QED) is 0.595. The largest absolute Gasteiger partial charge is 0.347 e. The van der Waals surface area contributed by atoms with E-state index in [2.05, 4.69) is 16.0 Å². The highest BCUT2D eigenvalue weighted by molar-refractivity contribution is 5.99. The lowest BCUT2D eigenvalue weighted by atomic mass is 9.85. The highest BCUT2D eigenvalue weighted by atomic mass is 16.2. The Morgan fingerprint density at radius 3 is 2.40 bits per heavy atom. The number of hydrogen-bond donors (Lipinski definition) is 3. The molecule has 4 rings (SSSR count). The minimum absolute atomic E-state index is 0.0459. The van der Waals surface area contributed by atoms with Crippen LogP contribution in [0.3, 0.4) is 0 Å². The summed E-state index contributed by atoms with van der Waals surface area (Å²) >= 11 is 0. The fourth-order valence-electron chi connectivity index (χ4n) is 5.51. The lowest BCUT2D eigenvalue weighted by molar-refractivity contribution is -0.141. The fraction of sp³-hybridized carbons (Fsp3) is 0.536. The first-order valence-electron chi connectivity index (χ1n) is 12.7. The van der Waals surface area contributed by atoms with E-state index in [1.54, 1.807) is 14.0 Å². The van der Waals surface area contributed by atoms with Gasteiger partial charge in [-0.25, -0.2) is 0 Å². The van der Waals surface area contributed by atoms with Crippen LogP contribution in [0.2, 0.25) is 0 Å². The second kappa shape index (κ2) is 9.97. The van der Waals surface area contributed by atoms with Crippen molar-refractivity contribution in [3.8, 4) is 0 Å². The van der Waals surface area contributed by atoms with Gasteiger partial charge in [-0.1, -0.05) is 51.1 Å². The molecule has 2 aliphatic rings. The van der Waals surface area contributed by atoms with Gasteiger partial charge in [0.2, 0.25) is 11.8 Å². The number of amides is 3. The van der Waals surface area contributed by atoms with Crippen LogP contribution in [0.4, 0.5) is 0 Å². The first-order chi connectivity index (χ1) is 16.6. The lowest BCUT2D eigenvalue weighted by Gasteiger charge is -2.37. The third kappa shape index (κ3) is 5.20. The van der Waals surface area contributed by atoms with E-state index in [0.717, 1.165) is 30.0 Å². The zero-order chi connectivity index (χ0) is 25.3. The van der Waals surface area contributed by atoms with Gasteiger partial charge in [0.25, 0.3) is 5.91 Å². The Hall–Kier alpha value is -2.93. The molecule has 0 spiro atoms. The SMILES string of the molecule is CN[C@@H](C)C(=O)N[C@H](C(=O)N1CC[C@H]2CC[C@H](NC(=O)c3ccc4ccccc4c3)[C@H]21)C(C)(C)C. The molecule has 2 aromatic rings. The van der Waals surface area contributed by atoms with Crippen LogP contribution in [0, 0.1) is 11.3 Å². The molecule has 3 amide bonds. The number of rotatable bonds is 6. The molecule has 5 atom stereocenters. The third-order valence-corrected chi connectivity index (χ3v) is 7.68. The van der Waals surface area contributed by atoms with Crippen LogP contribution in [0.15, 0.2) is 42.5 Å². The normalized spacial score (nSPS) is 23.6. The van der Waals surface area contributed by atoms with E-state index in [4.69, 9.17) is 0 Å². The van der Waals surface area contributed by atoms with Gasteiger partial charge in [-0.15, -0.1) is 0 Å². The average molecular weight is 479 g/mol. The Labute approximate surface area is 208 Å². The number of likely N-dealkylation sites (tertiary alicyclic amines) is 1. The smallest absolute Gasteiger partial charge is 0.251 e. The zero-order valence-electron chi connectivity index (χ0n) is 21.4. The molecule has 0 unspecified atom stereocenters. The summed E-state index contributed by atoms with van der Waals surface area (Å²) in [6, 6.07) is 12.6. The second-order valence-electron chi connectivity index (χ2n) is 11.1. The van der Waals surface area contributed by atoms with Gasteiger partial charge in [0.1, 0.15) is 6.04 Å². The van der Waals surface area contributed by atoms with Crippen LogP contribution in [-0.2, 0) is 9.59 Å². The second-order valence-corrected chi connectivity index (χ2v) is 11.1. The summed E-state index contributed by atoms with van der Waals surface area (Å²) < 4.78 is 0. The maximum Gasteiger partial charge on any atom is 0.251 e. The molecule has 35 heavy (non-hydrogen) atoms. The molecule has 0 aromatic heterocycles. The van der Waals surface area contributed by atoms with Crippen molar-refractivity contribution in [3.63, 3.8) is 0 Å². The Morgan fingerprint density at radius 1 is 1.00 bits per heavy atom. The predicted molar refractivity (Wildman–Crippen MR) is 138 cm³/mol. The van der Waals surface area contributed by atoms with Gasteiger partial charge in [-0.3, -0.25) is 14.4 Å². The third-order valence-electron chi connectivity index (χ3n) is 7.68. The van der Waals surface area contributed by atoms with Crippen molar-refractivity contribution in [2.75, 3.05) is 13.6 Å². The minimum atomic E-state index is -0.637. The first kappa shape index (κ1) is 25.2. The summed E-state index contributed by atoms with van der Waals surface area (Å²) in [5, 5.41) is 11.3. The summed E-state index contributed by atoms with van der Waals surface area (Å²) in [4.78, 5) is 41.5. The van der Waals surface area contributed by atoms with Gasteiger partial charge >= 0.3 is 0 Å². The van der Waals surface area contributed by atoms with Gasteiger partial charge in [0.15, 0.2) is 0 Å². The fourth-order valence-corrected chi connectivity index (χ4v) is 5.51. The number of likely N-dealkylation sites (N-methyl/N-ethyl adjacent to an activating group) is 1. The van der Waals surface area contributed by atoms with Crippen LogP contribution in [0.25, 0.3) is 10.8 Å². The number of nitrogens with zero attached hydrogens (tertiary/aromatic N) is 1. The van der Waals surface area contributed by atoms with Crippen molar-refractivity contribution in [1.29, 1.82) is 0 Å². The highest BCUT2D eigenvalue weighted by Gasteiger charge is 2.49. The standard InChI is InChI=1S/C28H38N4O3/c1-17(29-5)25(33)31-24(28(2,3)4)27(35)32-15-14-19-12-13-22(23(19)32)30-26(34)21-11-10-18-8-6-7-9-20(18)16-21/h6-11,16-17,19,22-24,29H,12-15H2,1-5H3,(H,30,34)(H,31,33)/t17-,19+,22-,23-,24+/m0/s1. The summed E-state index contributed by atoms with van der Waals surface area (Å²) in [7, 11) is 1.73. The Bertz CT molecular complexity index is 1110. The van der Waals surface area contributed by atoms with Crippen molar-refractivity contribution in [2.24, 2.45) is 11.3 Å². The van der Waals surface area contributed by atoms with Crippen molar-refractivity contribution < 1.29 is 14.4 Å². The van der Waals surface area contributed by atoms with E-state index in [-0.39, 0.29) is 35.8 Å². The first-order valence-corrected chi connectivity index (χ1v) is 12.7. The zero-order valence-corrected chi connectivity index (χ0v) is 21.4. The van der Waals surface area contributed by atoms with Crippen molar-refractivity contribution in [1.82, 2.24) is 20.9 Å². The summed E-state index contributed by atoms with van der Waals surface area (Å²) in [6.07, 6.45) is 2.76. The van der Waals surface area contributed by atoms with Gasteiger partial charge in [-0.2, -0.15) is 0 Å². The Kier molecular flexibility index (Phi) is 7.17. The van der Waals surface area contributed by atoms with Crippen molar-refractivity contribution in [2.45, 2.75) is 71.1 Å². The molecule has 1 aliphatic heterocycles. The number of carbonyl (C=O) groups is 3. The number of hydrogen-bond acceptors (Lipinski definition) is 4. The molecule has 1 heterocycles. The molecule has 2 aromatic carbocycles. The maximum absolute atomic E-state index is 13.8. The van der Waals surface area contributed by atoms with Gasteiger partial charge in [0, 0.05) is 18.2 Å². The molecule has 0 radical (unpaired) electrons. The number of fused-ring (bicyclic) bond motifs is 2. The molecule has 7 heteroatoms. The van der Waals surface area contributed by atoms with E-state index in [0.29, 0.717) is 18.0 Å².